The Balaban J connectivity index is 2.25. The Morgan fingerprint density at radius 1 is 1.36 bits per heavy atom. The van der Waals surface area contributed by atoms with Crippen LogP contribution < -0.4 is 5.32 Å². The van der Waals surface area contributed by atoms with Crippen LogP contribution in [-0.4, -0.2) is 18.9 Å². The Morgan fingerprint density at radius 2 is 2.00 bits per heavy atom. The highest BCUT2D eigenvalue weighted by Crippen LogP contribution is 2.10. The van der Waals surface area contributed by atoms with Gasteiger partial charge >= 0.3 is 0 Å². The maximum Gasteiger partial charge on any atom is 0.143 e. The SMILES string of the molecule is CC(=O)CNCCc1ccc(Br)cc1. The molecule has 1 rings (SSSR count). The fraction of sp³-hybridized carbons (Fsp3) is 0.364. The highest BCUT2D eigenvalue weighted by atomic mass is 79.9. The zero-order valence-corrected chi connectivity index (χ0v) is 9.80. The predicted molar refractivity (Wildman–Crippen MR) is 61.4 cm³/mol. The van der Waals surface area contributed by atoms with Crippen LogP contribution in [-0.2, 0) is 11.2 Å². The van der Waals surface area contributed by atoms with Crippen molar-refractivity contribution in [1.82, 2.24) is 5.32 Å². The first-order chi connectivity index (χ1) is 6.68. The van der Waals surface area contributed by atoms with Gasteiger partial charge in [-0.2, -0.15) is 0 Å². The number of hydrogen-bond acceptors (Lipinski definition) is 2. The molecule has 0 bridgehead atoms. The topological polar surface area (TPSA) is 29.1 Å². The van der Waals surface area contributed by atoms with Crippen molar-refractivity contribution in [1.29, 1.82) is 0 Å². The molecule has 0 spiro atoms. The lowest BCUT2D eigenvalue weighted by Gasteiger charge is -2.02. The maximum atomic E-state index is 10.6. The van der Waals surface area contributed by atoms with Gasteiger partial charge in [0.15, 0.2) is 0 Å². The molecule has 3 heteroatoms. The van der Waals surface area contributed by atoms with Gasteiger partial charge in [0.05, 0.1) is 6.54 Å². The smallest absolute Gasteiger partial charge is 0.143 e. The summed E-state index contributed by atoms with van der Waals surface area (Å²) in [6.07, 6.45) is 0.959. The van der Waals surface area contributed by atoms with Gasteiger partial charge in [0.2, 0.25) is 0 Å². The summed E-state index contributed by atoms with van der Waals surface area (Å²) in [6.45, 7) is 2.91. The van der Waals surface area contributed by atoms with Crippen LogP contribution >= 0.6 is 15.9 Å². The lowest BCUT2D eigenvalue weighted by atomic mass is 10.1. The first-order valence-corrected chi connectivity index (χ1v) is 5.42. The molecule has 2 nitrogen and oxygen atoms in total. The number of carbonyl (C=O) groups is 1. The van der Waals surface area contributed by atoms with Crippen molar-refractivity contribution in [3.8, 4) is 0 Å². The first kappa shape index (κ1) is 11.4. The van der Waals surface area contributed by atoms with E-state index in [-0.39, 0.29) is 5.78 Å². The second-order valence-corrected chi connectivity index (χ2v) is 4.17. The van der Waals surface area contributed by atoms with E-state index in [0.717, 1.165) is 17.4 Å². The Labute approximate surface area is 92.8 Å². The van der Waals surface area contributed by atoms with E-state index < -0.39 is 0 Å². The Morgan fingerprint density at radius 3 is 2.57 bits per heavy atom. The van der Waals surface area contributed by atoms with Crippen LogP contribution in [0.1, 0.15) is 12.5 Å². The molecule has 0 aliphatic heterocycles. The quantitative estimate of drug-likeness (QED) is 0.818. The van der Waals surface area contributed by atoms with E-state index in [1.165, 1.54) is 5.56 Å². The van der Waals surface area contributed by atoms with Crippen LogP contribution in [0.4, 0.5) is 0 Å². The third kappa shape index (κ3) is 4.53. The second kappa shape index (κ2) is 5.94. The van der Waals surface area contributed by atoms with E-state index in [2.05, 4.69) is 33.4 Å². The van der Waals surface area contributed by atoms with Crippen molar-refractivity contribution < 1.29 is 4.79 Å². The Hall–Kier alpha value is -0.670. The standard InChI is InChI=1S/C11H14BrNO/c1-9(14)8-13-7-6-10-2-4-11(12)5-3-10/h2-5,13H,6-8H2,1H3. The fourth-order valence-corrected chi connectivity index (χ4v) is 1.41. The van der Waals surface area contributed by atoms with Gasteiger partial charge in [0, 0.05) is 4.47 Å². The molecular formula is C11H14BrNO. The minimum atomic E-state index is 0.181. The third-order valence-corrected chi connectivity index (χ3v) is 2.41. The number of halogens is 1. The summed E-state index contributed by atoms with van der Waals surface area (Å²) in [4.78, 5) is 10.6. The number of rotatable bonds is 5. The summed E-state index contributed by atoms with van der Waals surface area (Å²) in [5.41, 5.74) is 1.28. The zero-order chi connectivity index (χ0) is 10.4. The third-order valence-electron chi connectivity index (χ3n) is 1.88. The number of ketones is 1. The molecule has 0 amide bonds. The molecule has 0 heterocycles. The van der Waals surface area contributed by atoms with Gasteiger partial charge in [-0.3, -0.25) is 4.79 Å². The second-order valence-electron chi connectivity index (χ2n) is 3.26. The van der Waals surface area contributed by atoms with Gasteiger partial charge in [-0.15, -0.1) is 0 Å². The molecule has 1 aromatic carbocycles. The van der Waals surface area contributed by atoms with Crippen LogP contribution in [0.25, 0.3) is 0 Å². The molecule has 76 valence electrons. The molecule has 0 fully saturated rings. The van der Waals surface area contributed by atoms with Crippen molar-refractivity contribution in [3.63, 3.8) is 0 Å². The average molecular weight is 256 g/mol. The molecule has 0 atom stereocenters. The highest BCUT2D eigenvalue weighted by Gasteiger charge is 1.94. The molecule has 1 N–H and O–H groups in total. The van der Waals surface area contributed by atoms with E-state index in [0.29, 0.717) is 6.54 Å². The molecule has 0 saturated heterocycles. The summed E-state index contributed by atoms with van der Waals surface area (Å²) in [7, 11) is 0. The summed E-state index contributed by atoms with van der Waals surface area (Å²) in [5, 5.41) is 3.09. The molecule has 14 heavy (non-hydrogen) atoms. The fourth-order valence-electron chi connectivity index (χ4n) is 1.15. The van der Waals surface area contributed by atoms with Crippen molar-refractivity contribution >= 4 is 21.7 Å². The number of benzene rings is 1. The van der Waals surface area contributed by atoms with Gasteiger partial charge in [-0.25, -0.2) is 0 Å². The van der Waals surface area contributed by atoms with Crippen molar-refractivity contribution in [3.05, 3.63) is 34.3 Å². The molecule has 0 saturated carbocycles. The minimum Gasteiger partial charge on any atom is -0.310 e. The Kier molecular flexibility index (Phi) is 4.84. The van der Waals surface area contributed by atoms with E-state index >= 15 is 0 Å². The van der Waals surface area contributed by atoms with Crippen LogP contribution in [0.5, 0.6) is 0 Å². The average Bonchev–Trinajstić information content (AvgIpc) is 2.15. The van der Waals surface area contributed by atoms with E-state index in [1.54, 1.807) is 6.92 Å². The van der Waals surface area contributed by atoms with Crippen LogP contribution in [0.3, 0.4) is 0 Å². The molecule has 0 unspecified atom stereocenters. The predicted octanol–water partition coefficient (Wildman–Crippen LogP) is 2.17. The molecule has 0 aliphatic carbocycles. The van der Waals surface area contributed by atoms with Crippen LogP contribution in [0, 0.1) is 0 Å². The number of hydrogen-bond donors (Lipinski definition) is 1. The normalized spacial score (nSPS) is 10.1. The summed E-state index contributed by atoms with van der Waals surface area (Å²) >= 11 is 3.39. The monoisotopic (exact) mass is 255 g/mol. The number of carbonyl (C=O) groups excluding carboxylic acids is 1. The van der Waals surface area contributed by atoms with E-state index in [4.69, 9.17) is 0 Å². The molecule has 0 radical (unpaired) electrons. The molecule has 0 aromatic heterocycles. The number of Topliss-reactive ketones (excluding diaryl/α,β-unsaturated/α-hetero) is 1. The molecule has 0 aliphatic rings. The lowest BCUT2D eigenvalue weighted by molar-refractivity contribution is -0.116. The summed E-state index contributed by atoms with van der Waals surface area (Å²) < 4.78 is 1.10. The zero-order valence-electron chi connectivity index (χ0n) is 8.22. The van der Waals surface area contributed by atoms with E-state index in [9.17, 15) is 4.79 Å². The van der Waals surface area contributed by atoms with E-state index in [1.807, 2.05) is 12.1 Å². The van der Waals surface area contributed by atoms with Gasteiger partial charge < -0.3 is 5.32 Å². The lowest BCUT2D eigenvalue weighted by Crippen LogP contribution is -2.23. The summed E-state index contributed by atoms with van der Waals surface area (Å²) in [5.74, 6) is 0.181. The van der Waals surface area contributed by atoms with Crippen molar-refractivity contribution in [2.75, 3.05) is 13.1 Å². The van der Waals surface area contributed by atoms with Gasteiger partial charge in [-0.05, 0) is 37.6 Å². The van der Waals surface area contributed by atoms with Crippen molar-refractivity contribution in [2.45, 2.75) is 13.3 Å². The molecular weight excluding hydrogens is 242 g/mol. The maximum absolute atomic E-state index is 10.6. The molecule has 1 aromatic rings. The number of nitrogens with one attached hydrogen (secondary N) is 1. The largest absolute Gasteiger partial charge is 0.310 e. The van der Waals surface area contributed by atoms with Gasteiger partial charge in [0.25, 0.3) is 0 Å². The minimum absolute atomic E-state index is 0.181. The highest BCUT2D eigenvalue weighted by molar-refractivity contribution is 9.10. The van der Waals surface area contributed by atoms with Gasteiger partial charge in [-0.1, -0.05) is 28.1 Å². The summed E-state index contributed by atoms with van der Waals surface area (Å²) in [6, 6.07) is 8.22. The van der Waals surface area contributed by atoms with Crippen LogP contribution in [0.2, 0.25) is 0 Å². The van der Waals surface area contributed by atoms with Crippen molar-refractivity contribution in [2.24, 2.45) is 0 Å². The first-order valence-electron chi connectivity index (χ1n) is 4.63. The van der Waals surface area contributed by atoms with Crippen LogP contribution in [0.15, 0.2) is 28.7 Å². The van der Waals surface area contributed by atoms with Gasteiger partial charge in [0.1, 0.15) is 5.78 Å². The Bertz CT molecular complexity index is 295.